The second kappa shape index (κ2) is 6.20. The van der Waals surface area contributed by atoms with Crippen molar-refractivity contribution in [1.29, 1.82) is 0 Å². The summed E-state index contributed by atoms with van der Waals surface area (Å²) >= 11 is 1.84. The lowest BCUT2D eigenvalue weighted by molar-refractivity contribution is 0.452. The first-order valence-electron chi connectivity index (χ1n) is 5.30. The highest BCUT2D eigenvalue weighted by molar-refractivity contribution is 7.09. The van der Waals surface area contributed by atoms with Crippen molar-refractivity contribution >= 4 is 11.3 Å². The van der Waals surface area contributed by atoms with Crippen LogP contribution in [0.1, 0.15) is 44.4 Å². The van der Waals surface area contributed by atoms with Crippen LogP contribution in [0.4, 0.5) is 0 Å². The van der Waals surface area contributed by atoms with E-state index in [1.54, 1.807) is 0 Å². The standard InChI is InChI=1S/C12H19S/c1-3-5-7-11(4-2)10-12-8-6-9-13-12/h6,9,11H,3-5,7,10H2,1-2H3. The Kier molecular flexibility index (Phi) is 5.14. The molecule has 1 rings (SSSR count). The molecule has 0 aromatic carbocycles. The Morgan fingerprint density at radius 3 is 2.85 bits per heavy atom. The zero-order valence-corrected chi connectivity index (χ0v) is 9.49. The molecule has 0 spiro atoms. The Hall–Kier alpha value is -0.300. The fourth-order valence-corrected chi connectivity index (χ4v) is 2.36. The quantitative estimate of drug-likeness (QED) is 0.634. The van der Waals surface area contributed by atoms with Gasteiger partial charge in [0, 0.05) is 4.88 Å². The van der Waals surface area contributed by atoms with Gasteiger partial charge in [0.05, 0.1) is 0 Å². The first kappa shape index (κ1) is 10.8. The van der Waals surface area contributed by atoms with E-state index in [0.717, 1.165) is 5.92 Å². The van der Waals surface area contributed by atoms with E-state index in [2.05, 4.69) is 25.3 Å². The molecule has 0 aliphatic rings. The Morgan fingerprint density at radius 2 is 2.31 bits per heavy atom. The molecule has 0 bridgehead atoms. The van der Waals surface area contributed by atoms with Gasteiger partial charge in [-0.05, 0) is 29.9 Å². The lowest BCUT2D eigenvalue weighted by Crippen LogP contribution is -2.01. The van der Waals surface area contributed by atoms with Gasteiger partial charge in [0.2, 0.25) is 0 Å². The molecule has 1 aromatic rings. The summed E-state index contributed by atoms with van der Waals surface area (Å²) in [5, 5.41) is 2.13. The molecular weight excluding hydrogens is 176 g/mol. The molecule has 0 aliphatic carbocycles. The SMILES string of the molecule is CCCCC(CC)Cc1[c]ccs1. The van der Waals surface area contributed by atoms with E-state index < -0.39 is 0 Å². The smallest absolute Gasteiger partial charge is 0.0127 e. The maximum Gasteiger partial charge on any atom is 0.0127 e. The van der Waals surface area contributed by atoms with Crippen molar-refractivity contribution in [1.82, 2.24) is 0 Å². The molecule has 0 aliphatic heterocycles. The van der Waals surface area contributed by atoms with Crippen LogP contribution in [0.3, 0.4) is 0 Å². The van der Waals surface area contributed by atoms with Crippen LogP contribution in [-0.4, -0.2) is 0 Å². The molecule has 0 saturated carbocycles. The van der Waals surface area contributed by atoms with E-state index in [4.69, 9.17) is 0 Å². The molecule has 1 unspecified atom stereocenters. The summed E-state index contributed by atoms with van der Waals surface area (Å²) in [6.07, 6.45) is 6.65. The van der Waals surface area contributed by atoms with E-state index in [9.17, 15) is 0 Å². The topological polar surface area (TPSA) is 0 Å². The Bertz CT molecular complexity index is 201. The summed E-state index contributed by atoms with van der Waals surface area (Å²) in [5.74, 6) is 0.884. The van der Waals surface area contributed by atoms with Gasteiger partial charge in [-0.1, -0.05) is 39.5 Å². The zero-order chi connectivity index (χ0) is 9.52. The van der Waals surface area contributed by atoms with Crippen molar-refractivity contribution in [2.45, 2.75) is 46.0 Å². The van der Waals surface area contributed by atoms with Gasteiger partial charge in [-0.3, -0.25) is 0 Å². The second-order valence-electron chi connectivity index (χ2n) is 3.61. The average molecular weight is 195 g/mol. The molecule has 0 N–H and O–H groups in total. The van der Waals surface area contributed by atoms with Gasteiger partial charge in [-0.2, -0.15) is 0 Å². The van der Waals surface area contributed by atoms with E-state index in [0.29, 0.717) is 0 Å². The molecule has 1 atom stereocenters. The van der Waals surface area contributed by atoms with Gasteiger partial charge in [-0.15, -0.1) is 11.3 Å². The summed E-state index contributed by atoms with van der Waals surface area (Å²) < 4.78 is 0. The monoisotopic (exact) mass is 195 g/mol. The maximum absolute atomic E-state index is 3.30. The van der Waals surface area contributed by atoms with E-state index in [1.165, 1.54) is 37.0 Å². The largest absolute Gasteiger partial charge is 0.148 e. The van der Waals surface area contributed by atoms with Crippen molar-refractivity contribution < 1.29 is 0 Å². The van der Waals surface area contributed by atoms with Crippen molar-refractivity contribution in [2.24, 2.45) is 5.92 Å². The minimum Gasteiger partial charge on any atom is -0.148 e. The molecule has 73 valence electrons. The summed E-state index contributed by atoms with van der Waals surface area (Å²) in [6, 6.07) is 5.33. The molecule has 0 fully saturated rings. The third kappa shape index (κ3) is 3.95. The van der Waals surface area contributed by atoms with Gasteiger partial charge in [-0.25, -0.2) is 0 Å². The molecule has 1 aromatic heterocycles. The van der Waals surface area contributed by atoms with Crippen LogP contribution in [-0.2, 0) is 6.42 Å². The van der Waals surface area contributed by atoms with Crippen molar-refractivity contribution in [3.8, 4) is 0 Å². The Balaban J connectivity index is 2.31. The van der Waals surface area contributed by atoms with E-state index >= 15 is 0 Å². The van der Waals surface area contributed by atoms with Crippen LogP contribution in [0.2, 0.25) is 0 Å². The molecule has 0 nitrogen and oxygen atoms in total. The van der Waals surface area contributed by atoms with Gasteiger partial charge in [0.1, 0.15) is 0 Å². The van der Waals surface area contributed by atoms with E-state index in [1.807, 2.05) is 17.4 Å². The van der Waals surface area contributed by atoms with Crippen LogP contribution in [0.5, 0.6) is 0 Å². The van der Waals surface area contributed by atoms with Gasteiger partial charge in [0.15, 0.2) is 0 Å². The zero-order valence-electron chi connectivity index (χ0n) is 8.68. The highest BCUT2D eigenvalue weighted by Gasteiger charge is 2.07. The highest BCUT2D eigenvalue weighted by Crippen LogP contribution is 2.20. The first-order valence-corrected chi connectivity index (χ1v) is 6.18. The first-order chi connectivity index (χ1) is 6.36. The summed E-state index contributed by atoms with van der Waals surface area (Å²) in [7, 11) is 0. The number of rotatable bonds is 6. The number of hydrogen-bond acceptors (Lipinski definition) is 1. The molecule has 13 heavy (non-hydrogen) atoms. The average Bonchev–Trinajstić information content (AvgIpc) is 2.64. The van der Waals surface area contributed by atoms with E-state index in [-0.39, 0.29) is 0 Å². The number of hydrogen-bond donors (Lipinski definition) is 0. The van der Waals surface area contributed by atoms with Crippen LogP contribution in [0.25, 0.3) is 0 Å². The van der Waals surface area contributed by atoms with Gasteiger partial charge < -0.3 is 0 Å². The fraction of sp³-hybridized carbons (Fsp3) is 0.667. The van der Waals surface area contributed by atoms with Crippen molar-refractivity contribution in [3.63, 3.8) is 0 Å². The molecule has 0 amide bonds. The number of unbranched alkanes of at least 4 members (excludes halogenated alkanes) is 1. The molecule has 1 radical (unpaired) electrons. The van der Waals surface area contributed by atoms with Gasteiger partial charge >= 0.3 is 0 Å². The maximum atomic E-state index is 3.30. The molecule has 0 saturated heterocycles. The minimum atomic E-state index is 0.884. The predicted molar refractivity (Wildman–Crippen MR) is 60.2 cm³/mol. The lowest BCUT2D eigenvalue weighted by atomic mass is 9.95. The Labute approximate surface area is 86.0 Å². The molecule has 1 heteroatoms. The predicted octanol–water partition coefficient (Wildman–Crippen LogP) is 4.31. The lowest BCUT2D eigenvalue weighted by Gasteiger charge is -2.12. The van der Waals surface area contributed by atoms with Crippen LogP contribution in [0, 0.1) is 12.0 Å². The molecular formula is C12H19S. The van der Waals surface area contributed by atoms with Crippen LogP contribution in [0.15, 0.2) is 11.4 Å². The Morgan fingerprint density at radius 1 is 1.46 bits per heavy atom. The van der Waals surface area contributed by atoms with Gasteiger partial charge in [0.25, 0.3) is 0 Å². The normalized spacial score (nSPS) is 13.1. The molecule has 1 heterocycles. The summed E-state index contributed by atoms with van der Waals surface area (Å²) in [5.41, 5.74) is 0. The number of thiophene rings is 1. The van der Waals surface area contributed by atoms with Crippen molar-refractivity contribution in [2.75, 3.05) is 0 Å². The summed E-state index contributed by atoms with van der Waals surface area (Å²) in [6.45, 7) is 4.57. The van der Waals surface area contributed by atoms with Crippen molar-refractivity contribution in [3.05, 3.63) is 22.4 Å². The highest BCUT2D eigenvalue weighted by atomic mass is 32.1. The third-order valence-electron chi connectivity index (χ3n) is 2.54. The van der Waals surface area contributed by atoms with Crippen LogP contribution >= 0.6 is 11.3 Å². The summed E-state index contributed by atoms with van der Waals surface area (Å²) in [4.78, 5) is 1.43. The van der Waals surface area contributed by atoms with Crippen LogP contribution < -0.4 is 0 Å². The minimum absolute atomic E-state index is 0.884. The second-order valence-corrected chi connectivity index (χ2v) is 4.61. The fourth-order valence-electron chi connectivity index (χ4n) is 1.59. The third-order valence-corrected chi connectivity index (χ3v) is 3.38.